The molecule has 5 atom stereocenters. The minimum absolute atomic E-state index is 0.0162. The fourth-order valence-corrected chi connectivity index (χ4v) is 4.21. The van der Waals surface area contributed by atoms with Crippen LogP contribution in [0.15, 0.2) is 18.2 Å². The lowest BCUT2D eigenvalue weighted by Crippen LogP contribution is -2.52. The molecule has 170 valence electrons. The Morgan fingerprint density at radius 2 is 1.80 bits per heavy atom. The monoisotopic (exact) mass is 437 g/mol. The molecule has 0 bridgehead atoms. The van der Waals surface area contributed by atoms with Gasteiger partial charge in [-0.3, -0.25) is 4.79 Å². The molecule has 6 nitrogen and oxygen atoms in total. The third kappa shape index (κ3) is 5.77. The smallest absolute Gasteiger partial charge is 0.303 e. The van der Waals surface area contributed by atoms with Crippen LogP contribution < -0.4 is 10.5 Å². The van der Waals surface area contributed by atoms with Gasteiger partial charge in [0.05, 0.1) is 12.7 Å². The van der Waals surface area contributed by atoms with E-state index in [1.54, 1.807) is 6.07 Å². The fraction of sp³-hybridized carbons (Fsp3) is 0.696. The first kappa shape index (κ1) is 24.7. The lowest BCUT2D eigenvalue weighted by atomic mass is 9.84. The summed E-state index contributed by atoms with van der Waals surface area (Å²) >= 11 is 0. The quantitative estimate of drug-likeness (QED) is 0.378. The maximum absolute atomic E-state index is 11.7. The average molecular weight is 438 g/mol. The molecule has 30 heavy (non-hydrogen) atoms. The van der Waals surface area contributed by atoms with Crippen molar-refractivity contribution in [2.24, 2.45) is 11.8 Å². The van der Waals surface area contributed by atoms with Gasteiger partial charge in [0.15, 0.2) is 14.4 Å². The van der Waals surface area contributed by atoms with E-state index >= 15 is 0 Å². The number of nitrogen functional groups attached to an aromatic ring is 1. The molecule has 1 heterocycles. The molecular formula is C23H39NO5Si. The van der Waals surface area contributed by atoms with E-state index in [4.69, 9.17) is 24.4 Å². The van der Waals surface area contributed by atoms with Crippen molar-refractivity contribution in [3.8, 4) is 5.75 Å². The molecule has 1 aromatic carbocycles. The number of nitrogens with two attached hydrogens (primary N) is 1. The van der Waals surface area contributed by atoms with Crippen LogP contribution in [0.1, 0.15) is 54.0 Å². The zero-order chi connectivity index (χ0) is 22.9. The van der Waals surface area contributed by atoms with E-state index in [2.05, 4.69) is 47.7 Å². The molecule has 0 aromatic heterocycles. The highest BCUT2D eigenvalue weighted by atomic mass is 28.4. The molecule has 2 unspecified atom stereocenters. The second-order valence-corrected chi connectivity index (χ2v) is 14.8. The maximum Gasteiger partial charge on any atom is 0.303 e. The van der Waals surface area contributed by atoms with E-state index in [-0.39, 0.29) is 28.9 Å². The Hall–Kier alpha value is -1.57. The van der Waals surface area contributed by atoms with E-state index < -0.39 is 20.7 Å². The summed E-state index contributed by atoms with van der Waals surface area (Å²) < 4.78 is 24.4. The van der Waals surface area contributed by atoms with E-state index in [1.165, 1.54) is 6.92 Å². The second kappa shape index (κ2) is 9.28. The van der Waals surface area contributed by atoms with Gasteiger partial charge in [0, 0.05) is 24.1 Å². The van der Waals surface area contributed by atoms with Gasteiger partial charge in [-0.2, -0.15) is 0 Å². The number of rotatable bonds is 6. The Morgan fingerprint density at radius 1 is 1.17 bits per heavy atom. The molecule has 2 N–H and O–H groups in total. The summed E-state index contributed by atoms with van der Waals surface area (Å²) in [5.74, 6) is 0.633. The Kier molecular flexibility index (Phi) is 7.64. The maximum atomic E-state index is 11.7. The zero-order valence-electron chi connectivity index (χ0n) is 19.9. The van der Waals surface area contributed by atoms with Crippen LogP contribution in [-0.4, -0.2) is 32.8 Å². The molecule has 0 aliphatic carbocycles. The molecular weight excluding hydrogens is 398 g/mol. The summed E-state index contributed by atoms with van der Waals surface area (Å²) in [6.07, 6.45) is -1.19. The molecule has 1 fully saturated rings. The van der Waals surface area contributed by atoms with Gasteiger partial charge in [-0.05, 0) is 49.2 Å². The number of carbonyl (C=O) groups excluding carboxylic acids is 1. The van der Waals surface area contributed by atoms with Crippen LogP contribution in [0.4, 0.5) is 5.69 Å². The number of ether oxygens (including phenoxy) is 3. The largest absolute Gasteiger partial charge is 0.460 e. The molecule has 0 amide bonds. The van der Waals surface area contributed by atoms with E-state index in [1.807, 2.05) is 19.1 Å². The molecule has 7 heteroatoms. The summed E-state index contributed by atoms with van der Waals surface area (Å²) in [6.45, 7) is 19.1. The van der Waals surface area contributed by atoms with Crippen LogP contribution in [0.5, 0.6) is 5.75 Å². The SMILES string of the molecule is CC(=O)O[C@H]1C(C)[C@H](C)C(C)O[C@H]1Oc1ccc(N)cc1CO[Si](C)(C)C(C)(C)C. The highest BCUT2D eigenvalue weighted by Gasteiger charge is 2.43. The van der Waals surface area contributed by atoms with Crippen molar-refractivity contribution in [1.82, 2.24) is 0 Å². The van der Waals surface area contributed by atoms with Crippen LogP contribution in [0, 0.1) is 11.8 Å². The first-order valence-electron chi connectivity index (χ1n) is 10.7. The van der Waals surface area contributed by atoms with Gasteiger partial charge in [0.25, 0.3) is 0 Å². The summed E-state index contributed by atoms with van der Waals surface area (Å²) in [5, 5.41) is 0.0995. The fourth-order valence-electron chi connectivity index (χ4n) is 3.26. The zero-order valence-corrected chi connectivity index (χ0v) is 20.9. The van der Waals surface area contributed by atoms with Crippen LogP contribution in [0.2, 0.25) is 18.1 Å². The number of hydrogen-bond acceptors (Lipinski definition) is 6. The van der Waals surface area contributed by atoms with Crippen molar-refractivity contribution in [2.45, 2.75) is 91.7 Å². The Bertz CT molecular complexity index is 746. The standard InChI is InChI=1S/C23H39NO5Si/c1-14-15(2)21(28-17(4)25)22(27-16(14)3)29-20-11-10-19(24)12-18(20)13-26-30(8,9)23(5,6)7/h10-12,14-16,21-22H,13,24H2,1-9H3/t14-,15?,16?,21-,22-/m0/s1. The van der Waals surface area contributed by atoms with Gasteiger partial charge in [0.2, 0.25) is 6.29 Å². The van der Waals surface area contributed by atoms with Gasteiger partial charge >= 0.3 is 5.97 Å². The summed E-state index contributed by atoms with van der Waals surface area (Å²) in [5.41, 5.74) is 7.55. The Balaban J connectivity index is 2.27. The van der Waals surface area contributed by atoms with Crippen molar-refractivity contribution in [3.05, 3.63) is 23.8 Å². The minimum atomic E-state index is -1.94. The lowest BCUT2D eigenvalue weighted by molar-refractivity contribution is -0.243. The minimum Gasteiger partial charge on any atom is -0.460 e. The van der Waals surface area contributed by atoms with Crippen LogP contribution in [0.25, 0.3) is 0 Å². The van der Waals surface area contributed by atoms with E-state index in [0.717, 1.165) is 5.56 Å². The predicted molar refractivity (Wildman–Crippen MR) is 122 cm³/mol. The number of esters is 1. The van der Waals surface area contributed by atoms with Crippen molar-refractivity contribution in [2.75, 3.05) is 5.73 Å². The molecule has 1 aliphatic heterocycles. The van der Waals surface area contributed by atoms with Crippen molar-refractivity contribution >= 4 is 20.0 Å². The Morgan fingerprint density at radius 3 is 2.37 bits per heavy atom. The van der Waals surface area contributed by atoms with Gasteiger partial charge in [-0.25, -0.2) is 0 Å². The normalized spacial score (nSPS) is 27.6. The molecule has 0 radical (unpaired) electrons. The molecule has 0 saturated carbocycles. The number of anilines is 1. The number of hydrogen-bond donors (Lipinski definition) is 1. The number of benzene rings is 1. The Labute approximate surface area is 182 Å². The van der Waals surface area contributed by atoms with Crippen molar-refractivity contribution in [3.63, 3.8) is 0 Å². The first-order valence-corrected chi connectivity index (χ1v) is 13.7. The van der Waals surface area contributed by atoms with Crippen LogP contribution in [-0.2, 0) is 25.3 Å². The van der Waals surface area contributed by atoms with Crippen LogP contribution in [0.3, 0.4) is 0 Å². The number of carbonyl (C=O) groups is 1. The van der Waals surface area contributed by atoms with E-state index in [9.17, 15) is 4.79 Å². The summed E-state index contributed by atoms with van der Waals surface area (Å²) in [4.78, 5) is 11.7. The third-order valence-electron chi connectivity index (χ3n) is 6.73. The molecule has 2 rings (SSSR count). The molecule has 1 aliphatic rings. The topological polar surface area (TPSA) is 80.0 Å². The van der Waals surface area contributed by atoms with Gasteiger partial charge < -0.3 is 24.4 Å². The van der Waals surface area contributed by atoms with Gasteiger partial charge in [0.1, 0.15) is 5.75 Å². The second-order valence-electron chi connectivity index (χ2n) is 10.0. The molecule has 0 spiro atoms. The third-order valence-corrected chi connectivity index (χ3v) is 11.2. The highest BCUT2D eigenvalue weighted by molar-refractivity contribution is 6.74. The first-order chi connectivity index (χ1) is 13.7. The van der Waals surface area contributed by atoms with E-state index in [0.29, 0.717) is 18.0 Å². The molecule has 1 saturated heterocycles. The van der Waals surface area contributed by atoms with Crippen molar-refractivity contribution < 1.29 is 23.4 Å². The lowest BCUT2D eigenvalue weighted by Gasteiger charge is -2.42. The predicted octanol–water partition coefficient (Wildman–Crippen LogP) is 5.12. The van der Waals surface area contributed by atoms with Gasteiger partial charge in [-0.1, -0.05) is 34.6 Å². The summed E-state index contributed by atoms with van der Waals surface area (Å²) in [6, 6.07) is 5.51. The average Bonchev–Trinajstić information content (AvgIpc) is 2.62. The van der Waals surface area contributed by atoms with Crippen LogP contribution >= 0.6 is 0 Å². The summed E-state index contributed by atoms with van der Waals surface area (Å²) in [7, 11) is -1.94. The highest BCUT2D eigenvalue weighted by Crippen LogP contribution is 2.39. The molecule has 1 aromatic rings. The van der Waals surface area contributed by atoms with Crippen molar-refractivity contribution in [1.29, 1.82) is 0 Å². The van der Waals surface area contributed by atoms with Gasteiger partial charge in [-0.15, -0.1) is 0 Å².